The molecular formula is C18H25BrN4O3S2. The molecule has 0 radical (unpaired) electrons. The largest absolute Gasteiger partial charge is 0.336 e. The van der Waals surface area contributed by atoms with Crippen molar-refractivity contribution in [2.75, 3.05) is 26.2 Å². The lowest BCUT2D eigenvalue weighted by Crippen LogP contribution is -2.58. The fraction of sp³-hybridized carbons (Fsp3) is 0.667. The van der Waals surface area contributed by atoms with Crippen LogP contribution in [0.15, 0.2) is 20.1 Å². The summed E-state index contributed by atoms with van der Waals surface area (Å²) in [6, 6.07) is 5.26. The minimum Gasteiger partial charge on any atom is -0.336 e. The lowest BCUT2D eigenvalue weighted by molar-refractivity contribution is -0.128. The van der Waals surface area contributed by atoms with Crippen molar-refractivity contribution in [3.8, 4) is 6.07 Å². The summed E-state index contributed by atoms with van der Waals surface area (Å²) in [4.78, 5) is 14.7. The van der Waals surface area contributed by atoms with Gasteiger partial charge in [0.15, 0.2) is 0 Å². The first-order valence-corrected chi connectivity index (χ1v) is 12.6. The molecule has 7 nitrogen and oxygen atoms in total. The SMILES string of the molecule is CC(C(=O)NC1(C#N)CCCCC1)N1CCN(S(=O)(=O)c2ccc(Br)s2)CC1. The summed E-state index contributed by atoms with van der Waals surface area (Å²) in [6.07, 6.45) is 4.41. The Bertz CT molecular complexity index is 850. The summed E-state index contributed by atoms with van der Waals surface area (Å²) < 4.78 is 28.1. The number of sulfonamides is 1. The minimum atomic E-state index is -3.50. The molecule has 3 rings (SSSR count). The summed E-state index contributed by atoms with van der Waals surface area (Å²) in [5, 5.41) is 12.5. The predicted molar refractivity (Wildman–Crippen MR) is 111 cm³/mol. The Labute approximate surface area is 178 Å². The standard InChI is InChI=1S/C18H25BrN4O3S2/c1-14(17(24)21-18(13-20)7-3-2-4-8-18)22-9-11-23(12-10-22)28(25,26)16-6-5-15(19)27-16/h5-6,14H,2-4,7-12H2,1H3,(H,21,24). The number of nitriles is 1. The third-order valence-electron chi connectivity index (χ3n) is 5.63. The molecule has 1 saturated carbocycles. The van der Waals surface area contributed by atoms with Crippen LogP contribution in [0.25, 0.3) is 0 Å². The Morgan fingerprint density at radius 3 is 2.43 bits per heavy atom. The van der Waals surface area contributed by atoms with Crippen molar-refractivity contribution in [1.29, 1.82) is 5.26 Å². The second kappa shape index (κ2) is 8.79. The first-order chi connectivity index (χ1) is 13.3. The highest BCUT2D eigenvalue weighted by Crippen LogP contribution is 2.30. The molecule has 10 heteroatoms. The van der Waals surface area contributed by atoms with E-state index in [2.05, 4.69) is 27.3 Å². The van der Waals surface area contributed by atoms with Crippen molar-refractivity contribution in [2.45, 2.75) is 54.8 Å². The van der Waals surface area contributed by atoms with Crippen molar-refractivity contribution >= 4 is 43.2 Å². The lowest BCUT2D eigenvalue weighted by atomic mass is 9.82. The average molecular weight is 489 g/mol. The molecule has 1 atom stereocenters. The Balaban J connectivity index is 1.58. The Hall–Kier alpha value is -0.990. The van der Waals surface area contributed by atoms with Crippen LogP contribution in [-0.4, -0.2) is 61.3 Å². The number of carbonyl (C=O) groups excluding carboxylic acids is 1. The molecule has 28 heavy (non-hydrogen) atoms. The van der Waals surface area contributed by atoms with E-state index in [1.54, 1.807) is 12.1 Å². The third kappa shape index (κ3) is 4.60. The van der Waals surface area contributed by atoms with Crippen LogP contribution in [0, 0.1) is 11.3 Å². The van der Waals surface area contributed by atoms with E-state index in [0.717, 1.165) is 23.0 Å². The molecule has 1 aromatic heterocycles. The van der Waals surface area contributed by atoms with Gasteiger partial charge >= 0.3 is 0 Å². The minimum absolute atomic E-state index is 0.151. The maximum atomic E-state index is 12.7. The van der Waals surface area contributed by atoms with Crippen molar-refractivity contribution in [1.82, 2.24) is 14.5 Å². The fourth-order valence-corrected chi connectivity index (χ4v) is 7.41. The van der Waals surface area contributed by atoms with Crippen LogP contribution >= 0.6 is 27.3 Å². The molecule has 1 unspecified atom stereocenters. The van der Waals surface area contributed by atoms with Gasteiger partial charge < -0.3 is 5.32 Å². The number of amides is 1. The highest BCUT2D eigenvalue weighted by Gasteiger charge is 2.37. The van der Waals surface area contributed by atoms with E-state index in [-0.39, 0.29) is 5.91 Å². The quantitative estimate of drug-likeness (QED) is 0.686. The Morgan fingerprint density at radius 2 is 1.89 bits per heavy atom. The monoisotopic (exact) mass is 488 g/mol. The summed E-state index contributed by atoms with van der Waals surface area (Å²) in [6.45, 7) is 3.49. The molecule has 154 valence electrons. The topological polar surface area (TPSA) is 93.5 Å². The number of hydrogen-bond donors (Lipinski definition) is 1. The Morgan fingerprint density at radius 1 is 1.25 bits per heavy atom. The van der Waals surface area contributed by atoms with Gasteiger partial charge in [0.2, 0.25) is 5.91 Å². The van der Waals surface area contributed by atoms with Gasteiger partial charge in [-0.15, -0.1) is 11.3 Å². The number of nitrogens with one attached hydrogen (secondary N) is 1. The summed E-state index contributed by atoms with van der Waals surface area (Å²) in [5.74, 6) is -0.151. The molecule has 2 heterocycles. The van der Waals surface area contributed by atoms with Gasteiger partial charge in [0, 0.05) is 26.2 Å². The van der Waals surface area contributed by atoms with Gasteiger partial charge in [0.05, 0.1) is 15.9 Å². The van der Waals surface area contributed by atoms with Crippen molar-refractivity contribution < 1.29 is 13.2 Å². The molecule has 2 aliphatic rings. The second-order valence-corrected chi connectivity index (χ2v) is 12.0. The smallest absolute Gasteiger partial charge is 0.252 e. The van der Waals surface area contributed by atoms with Crippen LogP contribution in [0.1, 0.15) is 39.0 Å². The molecule has 1 amide bonds. The highest BCUT2D eigenvalue weighted by molar-refractivity contribution is 9.11. The highest BCUT2D eigenvalue weighted by atomic mass is 79.9. The van der Waals surface area contributed by atoms with Gasteiger partial charge in [-0.3, -0.25) is 9.69 Å². The third-order valence-corrected chi connectivity index (χ3v) is 9.62. The molecule has 1 saturated heterocycles. The normalized spacial score (nSPS) is 22.3. The molecule has 2 fully saturated rings. The number of rotatable bonds is 5. The Kier molecular flexibility index (Phi) is 6.82. The predicted octanol–water partition coefficient (Wildman–Crippen LogP) is 2.55. The first kappa shape index (κ1) is 21.7. The van der Waals surface area contributed by atoms with Crippen LogP contribution in [0.2, 0.25) is 0 Å². The number of carbonyl (C=O) groups is 1. The van der Waals surface area contributed by atoms with Gasteiger partial charge in [-0.2, -0.15) is 9.57 Å². The molecule has 0 aromatic carbocycles. The van der Waals surface area contributed by atoms with Crippen LogP contribution in [0.4, 0.5) is 0 Å². The maximum absolute atomic E-state index is 12.7. The van der Waals surface area contributed by atoms with E-state index >= 15 is 0 Å². The number of thiophene rings is 1. The molecule has 0 spiro atoms. The molecule has 1 N–H and O–H groups in total. The van der Waals surface area contributed by atoms with Crippen LogP contribution in [-0.2, 0) is 14.8 Å². The van der Waals surface area contributed by atoms with Gasteiger partial charge in [-0.25, -0.2) is 8.42 Å². The van der Waals surface area contributed by atoms with Crippen LogP contribution < -0.4 is 5.32 Å². The van der Waals surface area contributed by atoms with Gasteiger partial charge in [-0.1, -0.05) is 19.3 Å². The molecule has 1 aliphatic heterocycles. The number of nitrogens with zero attached hydrogens (tertiary/aromatic N) is 3. The van der Waals surface area contributed by atoms with Crippen molar-refractivity contribution in [3.05, 3.63) is 15.9 Å². The van der Waals surface area contributed by atoms with Crippen LogP contribution in [0.5, 0.6) is 0 Å². The van der Waals surface area contributed by atoms with Gasteiger partial charge in [-0.05, 0) is 47.8 Å². The fourth-order valence-electron chi connectivity index (χ4n) is 3.82. The van der Waals surface area contributed by atoms with E-state index in [0.29, 0.717) is 43.2 Å². The first-order valence-electron chi connectivity index (χ1n) is 9.50. The molecule has 0 bridgehead atoms. The van der Waals surface area contributed by atoms with Gasteiger partial charge in [0.1, 0.15) is 9.75 Å². The van der Waals surface area contributed by atoms with Gasteiger partial charge in [0.25, 0.3) is 10.0 Å². The number of halogens is 1. The number of piperazine rings is 1. The molecule has 1 aromatic rings. The zero-order chi connectivity index (χ0) is 20.4. The van der Waals surface area contributed by atoms with E-state index in [9.17, 15) is 18.5 Å². The maximum Gasteiger partial charge on any atom is 0.252 e. The second-order valence-electron chi connectivity index (χ2n) is 7.42. The average Bonchev–Trinajstić information content (AvgIpc) is 3.15. The van der Waals surface area contributed by atoms with Crippen LogP contribution in [0.3, 0.4) is 0 Å². The van der Waals surface area contributed by atoms with E-state index in [4.69, 9.17) is 0 Å². The summed E-state index contributed by atoms with van der Waals surface area (Å²) in [5.41, 5.74) is -0.749. The van der Waals surface area contributed by atoms with E-state index in [1.165, 1.54) is 15.6 Å². The lowest BCUT2D eigenvalue weighted by Gasteiger charge is -2.38. The summed E-state index contributed by atoms with van der Waals surface area (Å²) in [7, 11) is -3.50. The zero-order valence-electron chi connectivity index (χ0n) is 15.9. The summed E-state index contributed by atoms with van der Waals surface area (Å²) >= 11 is 4.50. The van der Waals surface area contributed by atoms with Crippen molar-refractivity contribution in [3.63, 3.8) is 0 Å². The zero-order valence-corrected chi connectivity index (χ0v) is 19.1. The van der Waals surface area contributed by atoms with E-state index < -0.39 is 21.6 Å². The van der Waals surface area contributed by atoms with Crippen molar-refractivity contribution in [2.24, 2.45) is 0 Å². The molecular weight excluding hydrogens is 464 g/mol. The molecule has 1 aliphatic carbocycles. The number of hydrogen-bond acceptors (Lipinski definition) is 6. The van der Waals surface area contributed by atoms with E-state index in [1.807, 2.05) is 11.8 Å².